The van der Waals surface area contributed by atoms with Gasteiger partial charge >= 0.3 is 0 Å². The number of rotatable bonds is 2. The summed E-state index contributed by atoms with van der Waals surface area (Å²) < 4.78 is 12.7. The van der Waals surface area contributed by atoms with Gasteiger partial charge in [0.05, 0.1) is 5.69 Å². The maximum atomic E-state index is 6.42. The number of furan rings is 2. The van der Waals surface area contributed by atoms with Crippen LogP contribution < -0.4 is 0 Å². The van der Waals surface area contributed by atoms with Crippen molar-refractivity contribution in [1.82, 2.24) is 4.98 Å². The van der Waals surface area contributed by atoms with E-state index in [2.05, 4.69) is 81.4 Å². The maximum absolute atomic E-state index is 6.42. The van der Waals surface area contributed by atoms with Crippen molar-refractivity contribution < 1.29 is 8.83 Å². The Morgan fingerprint density at radius 2 is 1.33 bits per heavy atom. The molecular weight excluding hydrogens is 442 g/mol. The number of pyridine rings is 1. The summed E-state index contributed by atoms with van der Waals surface area (Å²) in [5.74, 6) is 0. The van der Waals surface area contributed by atoms with E-state index in [1.807, 2.05) is 36.5 Å². The van der Waals surface area contributed by atoms with Gasteiger partial charge in [0.15, 0.2) is 11.2 Å². The fraction of sp³-hybridized carbons (Fsp3) is 0.121. The number of para-hydroxylation sites is 2. The second-order valence-electron chi connectivity index (χ2n) is 10.5. The van der Waals surface area contributed by atoms with E-state index in [-0.39, 0.29) is 5.41 Å². The van der Waals surface area contributed by atoms with Crippen LogP contribution in [-0.2, 0) is 5.41 Å². The van der Waals surface area contributed by atoms with Crippen molar-refractivity contribution in [2.75, 3.05) is 0 Å². The number of nitrogens with zero attached hydrogens (tertiary/aromatic N) is 1. The smallest absolute Gasteiger partial charge is 0.179 e. The molecule has 7 rings (SSSR count). The summed E-state index contributed by atoms with van der Waals surface area (Å²) in [5, 5.41) is 4.29. The van der Waals surface area contributed by atoms with Gasteiger partial charge in [-0.1, -0.05) is 75.4 Å². The van der Waals surface area contributed by atoms with E-state index in [9.17, 15) is 0 Å². The quantitative estimate of drug-likeness (QED) is 0.254. The van der Waals surface area contributed by atoms with E-state index in [4.69, 9.17) is 13.8 Å². The minimum atomic E-state index is 0.0723. The number of hydrogen-bond donors (Lipinski definition) is 0. The molecule has 3 heteroatoms. The Bertz CT molecular complexity index is 1930. The van der Waals surface area contributed by atoms with Crippen molar-refractivity contribution in [2.24, 2.45) is 0 Å². The van der Waals surface area contributed by atoms with Gasteiger partial charge in [-0.3, -0.25) is 4.98 Å². The van der Waals surface area contributed by atoms with E-state index in [0.717, 1.165) is 66.3 Å². The van der Waals surface area contributed by atoms with Crippen LogP contribution in [0.2, 0.25) is 0 Å². The van der Waals surface area contributed by atoms with Gasteiger partial charge in [0, 0.05) is 33.3 Å². The Hall–Kier alpha value is -4.37. The molecule has 0 aliphatic heterocycles. The lowest BCUT2D eigenvalue weighted by Gasteiger charge is -2.19. The zero-order chi connectivity index (χ0) is 24.4. The van der Waals surface area contributed by atoms with Gasteiger partial charge in [0.2, 0.25) is 0 Å². The molecule has 0 fully saturated rings. The van der Waals surface area contributed by atoms with Crippen molar-refractivity contribution in [1.29, 1.82) is 0 Å². The molecule has 0 amide bonds. The highest BCUT2D eigenvalue weighted by Crippen LogP contribution is 2.44. The van der Waals surface area contributed by atoms with Gasteiger partial charge in [-0.25, -0.2) is 0 Å². The first-order valence-corrected chi connectivity index (χ1v) is 12.3. The lowest BCUT2D eigenvalue weighted by molar-refractivity contribution is 0.590. The largest absolute Gasteiger partial charge is 0.452 e. The standard InChI is InChI=1S/C33H25NO2/c1-33(2,3)22-10-8-9-21(17-22)27-18-20(15-16-34-27)25-19-26-23-11-4-6-13-28(23)35-31(26)32-30(25)24-12-5-7-14-29(24)36-32/h4-19H,1-3H3. The summed E-state index contributed by atoms with van der Waals surface area (Å²) in [6.45, 7) is 6.71. The molecule has 0 saturated carbocycles. The van der Waals surface area contributed by atoms with Crippen LogP contribution in [0, 0.1) is 0 Å². The second kappa shape index (κ2) is 7.56. The Morgan fingerprint density at radius 3 is 2.14 bits per heavy atom. The summed E-state index contributed by atoms with van der Waals surface area (Å²) in [6.07, 6.45) is 1.90. The summed E-state index contributed by atoms with van der Waals surface area (Å²) in [4.78, 5) is 4.75. The van der Waals surface area contributed by atoms with Crippen LogP contribution in [0.5, 0.6) is 0 Å². The van der Waals surface area contributed by atoms with E-state index in [1.54, 1.807) is 0 Å². The van der Waals surface area contributed by atoms with E-state index >= 15 is 0 Å². The molecule has 0 saturated heterocycles. The molecular formula is C33H25NO2. The summed E-state index contributed by atoms with van der Waals surface area (Å²) in [5.41, 5.74) is 8.95. The Balaban J connectivity index is 1.53. The van der Waals surface area contributed by atoms with Gasteiger partial charge in [-0.05, 0) is 58.5 Å². The lowest BCUT2D eigenvalue weighted by Crippen LogP contribution is -2.10. The molecule has 4 aromatic carbocycles. The van der Waals surface area contributed by atoms with Crippen LogP contribution in [0.4, 0.5) is 0 Å². The third-order valence-corrected chi connectivity index (χ3v) is 7.09. The SMILES string of the molecule is CC(C)(C)c1cccc(-c2cc(-c3cc4c5ccccc5oc4c4oc5ccccc5c34)ccn2)c1. The van der Waals surface area contributed by atoms with Gasteiger partial charge in [0.25, 0.3) is 0 Å². The fourth-order valence-electron chi connectivity index (χ4n) is 5.20. The van der Waals surface area contributed by atoms with Crippen molar-refractivity contribution in [3.63, 3.8) is 0 Å². The van der Waals surface area contributed by atoms with E-state index in [1.165, 1.54) is 5.56 Å². The predicted molar refractivity (Wildman–Crippen MR) is 148 cm³/mol. The number of fused-ring (bicyclic) bond motifs is 7. The second-order valence-corrected chi connectivity index (χ2v) is 10.5. The van der Waals surface area contributed by atoms with Crippen LogP contribution in [0.15, 0.2) is 106 Å². The number of benzene rings is 4. The molecule has 0 aliphatic rings. The molecule has 0 spiro atoms. The first-order valence-electron chi connectivity index (χ1n) is 12.3. The topological polar surface area (TPSA) is 39.2 Å². The zero-order valence-electron chi connectivity index (χ0n) is 20.5. The summed E-state index contributed by atoms with van der Waals surface area (Å²) in [6, 6.07) is 31.6. The number of hydrogen-bond acceptors (Lipinski definition) is 3. The average Bonchev–Trinajstić information content (AvgIpc) is 3.47. The summed E-state index contributed by atoms with van der Waals surface area (Å²) >= 11 is 0. The first kappa shape index (κ1) is 21.0. The molecule has 0 radical (unpaired) electrons. The summed E-state index contributed by atoms with van der Waals surface area (Å²) in [7, 11) is 0. The normalized spacial score (nSPS) is 12.3. The maximum Gasteiger partial charge on any atom is 0.179 e. The highest BCUT2D eigenvalue weighted by Gasteiger charge is 2.21. The van der Waals surface area contributed by atoms with Crippen molar-refractivity contribution in [3.05, 3.63) is 103 Å². The number of aromatic nitrogens is 1. The average molecular weight is 468 g/mol. The van der Waals surface area contributed by atoms with Crippen molar-refractivity contribution in [3.8, 4) is 22.4 Å². The highest BCUT2D eigenvalue weighted by atomic mass is 16.4. The molecule has 3 aromatic heterocycles. The van der Waals surface area contributed by atoms with Gasteiger partial charge in [-0.15, -0.1) is 0 Å². The van der Waals surface area contributed by atoms with Gasteiger partial charge in [-0.2, -0.15) is 0 Å². The highest BCUT2D eigenvalue weighted by molar-refractivity contribution is 6.23. The molecule has 174 valence electrons. The molecule has 0 atom stereocenters. The third-order valence-electron chi connectivity index (χ3n) is 7.09. The molecule has 3 nitrogen and oxygen atoms in total. The van der Waals surface area contributed by atoms with Crippen LogP contribution in [0.25, 0.3) is 66.3 Å². The van der Waals surface area contributed by atoms with E-state index < -0.39 is 0 Å². The van der Waals surface area contributed by atoms with Crippen LogP contribution in [0.1, 0.15) is 26.3 Å². The Morgan fingerprint density at radius 1 is 0.611 bits per heavy atom. The zero-order valence-corrected chi connectivity index (χ0v) is 20.5. The minimum Gasteiger partial charge on any atom is -0.452 e. The Labute approximate surface area is 209 Å². The minimum absolute atomic E-state index is 0.0723. The first-order chi connectivity index (χ1) is 17.5. The van der Waals surface area contributed by atoms with Crippen molar-refractivity contribution >= 4 is 43.9 Å². The van der Waals surface area contributed by atoms with Crippen molar-refractivity contribution in [2.45, 2.75) is 26.2 Å². The van der Waals surface area contributed by atoms with Gasteiger partial charge in [0.1, 0.15) is 11.2 Å². The molecule has 0 bridgehead atoms. The molecule has 7 aromatic rings. The van der Waals surface area contributed by atoms with Crippen LogP contribution >= 0.6 is 0 Å². The predicted octanol–water partition coefficient (Wildman–Crippen LogP) is 9.51. The van der Waals surface area contributed by atoms with E-state index in [0.29, 0.717) is 0 Å². The molecule has 3 heterocycles. The van der Waals surface area contributed by atoms with Crippen LogP contribution in [0.3, 0.4) is 0 Å². The molecule has 0 unspecified atom stereocenters. The Kier molecular flexibility index (Phi) is 4.40. The van der Waals surface area contributed by atoms with Gasteiger partial charge < -0.3 is 8.83 Å². The monoisotopic (exact) mass is 467 g/mol. The lowest BCUT2D eigenvalue weighted by atomic mass is 9.86. The molecule has 36 heavy (non-hydrogen) atoms. The fourth-order valence-corrected chi connectivity index (χ4v) is 5.20. The molecule has 0 aliphatic carbocycles. The third kappa shape index (κ3) is 3.16. The molecule has 0 N–H and O–H groups in total. The van der Waals surface area contributed by atoms with Crippen LogP contribution in [-0.4, -0.2) is 4.98 Å².